The third kappa shape index (κ3) is 6.46. The third-order valence-corrected chi connectivity index (χ3v) is 2.37. The van der Waals surface area contributed by atoms with Crippen molar-refractivity contribution < 1.29 is 9.59 Å². The van der Waals surface area contributed by atoms with Crippen molar-refractivity contribution in [2.24, 2.45) is 17.4 Å². The van der Waals surface area contributed by atoms with Crippen LogP contribution in [0.4, 0.5) is 0 Å². The normalized spacial score (nSPS) is 12.4. The number of carbonyl (C=O) groups is 2. The van der Waals surface area contributed by atoms with Crippen molar-refractivity contribution in [3.8, 4) is 0 Å². The minimum absolute atomic E-state index is 0.0106. The molecule has 0 aromatic carbocycles. The number of unbranched alkanes of at least 4 members (excludes halogenated alkanes) is 2. The predicted molar refractivity (Wildman–Crippen MR) is 55.3 cm³/mol. The van der Waals surface area contributed by atoms with Crippen LogP contribution in [0.1, 0.15) is 45.4 Å². The summed E-state index contributed by atoms with van der Waals surface area (Å²) in [6.45, 7) is 1.96. The van der Waals surface area contributed by atoms with E-state index in [0.717, 1.165) is 32.1 Å². The van der Waals surface area contributed by atoms with Crippen molar-refractivity contribution in [1.82, 2.24) is 0 Å². The predicted octanol–water partition coefficient (Wildman–Crippen LogP) is 0.934. The van der Waals surface area contributed by atoms with Gasteiger partial charge in [0.05, 0.1) is 0 Å². The number of rotatable bonds is 8. The SMILES string of the molecule is CCC(CCCCCC(N)=O)C(N)=O. The second-order valence-corrected chi connectivity index (χ2v) is 3.57. The van der Waals surface area contributed by atoms with Crippen LogP contribution in [0.25, 0.3) is 0 Å². The van der Waals surface area contributed by atoms with Crippen LogP contribution in [0, 0.1) is 5.92 Å². The molecule has 0 bridgehead atoms. The fourth-order valence-corrected chi connectivity index (χ4v) is 1.41. The van der Waals surface area contributed by atoms with Crippen LogP contribution in [0.15, 0.2) is 0 Å². The highest BCUT2D eigenvalue weighted by Gasteiger charge is 2.11. The molecule has 4 heteroatoms. The van der Waals surface area contributed by atoms with Crippen molar-refractivity contribution in [2.45, 2.75) is 45.4 Å². The van der Waals surface area contributed by atoms with Crippen molar-refractivity contribution in [1.29, 1.82) is 0 Å². The molecular formula is C10H20N2O2. The molecule has 0 saturated heterocycles. The summed E-state index contributed by atoms with van der Waals surface area (Å²) in [5, 5.41) is 0. The van der Waals surface area contributed by atoms with Gasteiger partial charge < -0.3 is 11.5 Å². The van der Waals surface area contributed by atoms with Crippen molar-refractivity contribution in [2.75, 3.05) is 0 Å². The summed E-state index contributed by atoms with van der Waals surface area (Å²) < 4.78 is 0. The summed E-state index contributed by atoms with van der Waals surface area (Å²) >= 11 is 0. The summed E-state index contributed by atoms with van der Waals surface area (Å²) in [4.78, 5) is 21.3. The highest BCUT2D eigenvalue weighted by atomic mass is 16.1. The Morgan fingerprint density at radius 1 is 1.14 bits per heavy atom. The Balaban J connectivity index is 3.42. The van der Waals surface area contributed by atoms with E-state index in [1.54, 1.807) is 0 Å². The van der Waals surface area contributed by atoms with Gasteiger partial charge in [-0.3, -0.25) is 9.59 Å². The van der Waals surface area contributed by atoms with Gasteiger partial charge in [-0.15, -0.1) is 0 Å². The molecule has 1 unspecified atom stereocenters. The van der Waals surface area contributed by atoms with Crippen LogP contribution < -0.4 is 11.5 Å². The molecule has 0 aliphatic heterocycles. The first kappa shape index (κ1) is 12.9. The second-order valence-electron chi connectivity index (χ2n) is 3.57. The quantitative estimate of drug-likeness (QED) is 0.571. The first-order valence-corrected chi connectivity index (χ1v) is 5.15. The summed E-state index contributed by atoms with van der Waals surface area (Å²) in [6.07, 6.45) is 4.75. The lowest BCUT2D eigenvalue weighted by Gasteiger charge is -2.09. The van der Waals surface area contributed by atoms with E-state index in [0.29, 0.717) is 6.42 Å². The molecule has 0 spiro atoms. The zero-order chi connectivity index (χ0) is 11.0. The molecule has 2 amide bonds. The summed E-state index contributed by atoms with van der Waals surface area (Å²) in [5.74, 6) is -0.488. The maximum atomic E-state index is 10.9. The Bertz CT molecular complexity index is 193. The molecule has 14 heavy (non-hydrogen) atoms. The molecular weight excluding hydrogens is 180 g/mol. The van der Waals surface area contributed by atoms with E-state index in [1.807, 2.05) is 6.92 Å². The lowest BCUT2D eigenvalue weighted by atomic mass is 9.98. The fourth-order valence-electron chi connectivity index (χ4n) is 1.41. The lowest BCUT2D eigenvalue weighted by molar-refractivity contribution is -0.122. The van der Waals surface area contributed by atoms with E-state index in [4.69, 9.17) is 11.5 Å². The summed E-state index contributed by atoms with van der Waals surface area (Å²) in [6, 6.07) is 0. The molecule has 0 aliphatic rings. The third-order valence-electron chi connectivity index (χ3n) is 2.37. The first-order valence-electron chi connectivity index (χ1n) is 5.15. The van der Waals surface area contributed by atoms with Gasteiger partial charge >= 0.3 is 0 Å². The molecule has 0 fully saturated rings. The van der Waals surface area contributed by atoms with Gasteiger partial charge in [-0.1, -0.05) is 19.8 Å². The maximum Gasteiger partial charge on any atom is 0.220 e. The second kappa shape index (κ2) is 7.35. The van der Waals surface area contributed by atoms with Gasteiger partial charge in [0, 0.05) is 12.3 Å². The largest absolute Gasteiger partial charge is 0.370 e. The Morgan fingerprint density at radius 2 is 1.79 bits per heavy atom. The molecule has 0 saturated carbocycles. The Kier molecular flexibility index (Phi) is 6.80. The van der Waals surface area contributed by atoms with Crippen molar-refractivity contribution in [3.63, 3.8) is 0 Å². The molecule has 0 heterocycles. The lowest BCUT2D eigenvalue weighted by Crippen LogP contribution is -2.22. The summed E-state index contributed by atoms with van der Waals surface area (Å²) in [7, 11) is 0. The van der Waals surface area contributed by atoms with E-state index >= 15 is 0 Å². The van der Waals surface area contributed by atoms with E-state index < -0.39 is 0 Å². The molecule has 4 N–H and O–H groups in total. The molecule has 4 nitrogen and oxygen atoms in total. The molecule has 0 rings (SSSR count). The summed E-state index contributed by atoms with van der Waals surface area (Å²) in [5.41, 5.74) is 10.2. The first-order chi connectivity index (χ1) is 6.57. The molecule has 0 aromatic heterocycles. The van der Waals surface area contributed by atoms with Gasteiger partial charge in [-0.2, -0.15) is 0 Å². The zero-order valence-corrected chi connectivity index (χ0v) is 8.79. The van der Waals surface area contributed by atoms with Crippen LogP contribution in [0.2, 0.25) is 0 Å². The van der Waals surface area contributed by atoms with Gasteiger partial charge in [0.2, 0.25) is 11.8 Å². The highest BCUT2D eigenvalue weighted by molar-refractivity contribution is 5.76. The maximum absolute atomic E-state index is 10.9. The Labute approximate surface area is 85.0 Å². The van der Waals surface area contributed by atoms with Crippen LogP contribution >= 0.6 is 0 Å². The zero-order valence-electron chi connectivity index (χ0n) is 8.79. The van der Waals surface area contributed by atoms with Crippen molar-refractivity contribution in [3.05, 3.63) is 0 Å². The van der Waals surface area contributed by atoms with Crippen molar-refractivity contribution >= 4 is 11.8 Å². The smallest absolute Gasteiger partial charge is 0.220 e. The molecule has 0 radical (unpaired) electrons. The Morgan fingerprint density at radius 3 is 2.21 bits per heavy atom. The number of primary amides is 2. The Hall–Kier alpha value is -1.06. The van der Waals surface area contributed by atoms with Crippen LogP contribution in [0.3, 0.4) is 0 Å². The molecule has 82 valence electrons. The van der Waals surface area contributed by atoms with E-state index in [-0.39, 0.29) is 17.7 Å². The van der Waals surface area contributed by atoms with Crippen LogP contribution in [-0.4, -0.2) is 11.8 Å². The fraction of sp³-hybridized carbons (Fsp3) is 0.800. The topological polar surface area (TPSA) is 86.2 Å². The van der Waals surface area contributed by atoms with Crippen LogP contribution in [-0.2, 0) is 9.59 Å². The van der Waals surface area contributed by atoms with E-state index in [9.17, 15) is 9.59 Å². The number of hydrogen-bond donors (Lipinski definition) is 2. The molecule has 1 atom stereocenters. The average Bonchev–Trinajstić information content (AvgIpc) is 2.10. The van der Waals surface area contributed by atoms with Gasteiger partial charge in [-0.25, -0.2) is 0 Å². The van der Waals surface area contributed by atoms with Gasteiger partial charge in [0.1, 0.15) is 0 Å². The minimum Gasteiger partial charge on any atom is -0.370 e. The van der Waals surface area contributed by atoms with Crippen LogP contribution in [0.5, 0.6) is 0 Å². The molecule has 0 aromatic rings. The van der Waals surface area contributed by atoms with E-state index in [1.165, 1.54) is 0 Å². The van der Waals surface area contributed by atoms with Gasteiger partial charge in [-0.05, 0) is 19.3 Å². The minimum atomic E-state index is -0.257. The van der Waals surface area contributed by atoms with E-state index in [2.05, 4.69) is 0 Å². The standard InChI is InChI=1S/C10H20N2O2/c1-2-8(10(12)14)6-4-3-5-7-9(11)13/h8H,2-7H2,1H3,(H2,11,13)(H2,12,14). The highest BCUT2D eigenvalue weighted by Crippen LogP contribution is 2.13. The van der Waals surface area contributed by atoms with Gasteiger partial charge in [0.15, 0.2) is 0 Å². The number of hydrogen-bond acceptors (Lipinski definition) is 2. The average molecular weight is 200 g/mol. The number of amides is 2. The number of nitrogens with two attached hydrogens (primary N) is 2. The monoisotopic (exact) mass is 200 g/mol. The number of carbonyl (C=O) groups excluding carboxylic acids is 2. The molecule has 0 aliphatic carbocycles. The van der Waals surface area contributed by atoms with Gasteiger partial charge in [0.25, 0.3) is 0 Å².